The van der Waals surface area contributed by atoms with Gasteiger partial charge in [-0.3, -0.25) is 13.9 Å². The molecule has 12 heteroatoms. The third-order valence-electron chi connectivity index (χ3n) is 7.00. The maximum Gasteiger partial charge on any atom is 0.264 e. The summed E-state index contributed by atoms with van der Waals surface area (Å²) in [5, 5.41) is 3.75. The largest absolute Gasteiger partial charge is 0.495 e. The van der Waals surface area contributed by atoms with Crippen molar-refractivity contribution in [1.29, 1.82) is 0 Å². The van der Waals surface area contributed by atoms with E-state index in [9.17, 15) is 18.0 Å². The molecule has 0 radical (unpaired) electrons. The van der Waals surface area contributed by atoms with Crippen LogP contribution in [0, 0.1) is 0 Å². The number of hydrogen-bond acceptors (Lipinski definition) is 5. The summed E-state index contributed by atoms with van der Waals surface area (Å²) >= 11 is 19.0. The van der Waals surface area contributed by atoms with Crippen LogP contribution in [0.15, 0.2) is 102 Å². The van der Waals surface area contributed by atoms with Gasteiger partial charge in [0.2, 0.25) is 11.8 Å². The van der Waals surface area contributed by atoms with Gasteiger partial charge in [-0.15, -0.1) is 0 Å². The van der Waals surface area contributed by atoms with E-state index in [2.05, 4.69) is 5.32 Å². The van der Waals surface area contributed by atoms with Gasteiger partial charge in [0.15, 0.2) is 0 Å². The molecule has 0 fully saturated rings. The van der Waals surface area contributed by atoms with Gasteiger partial charge in [-0.25, -0.2) is 8.42 Å². The Kier molecular flexibility index (Phi) is 11.7. The van der Waals surface area contributed by atoms with E-state index in [1.807, 2.05) is 30.3 Å². The van der Waals surface area contributed by atoms with Crippen molar-refractivity contribution in [2.24, 2.45) is 0 Å². The van der Waals surface area contributed by atoms with Crippen molar-refractivity contribution < 1.29 is 22.7 Å². The van der Waals surface area contributed by atoms with E-state index >= 15 is 0 Å². The summed E-state index contributed by atoms with van der Waals surface area (Å²) in [6.45, 7) is 1.32. The first-order chi connectivity index (χ1) is 21.5. The van der Waals surface area contributed by atoms with Crippen LogP contribution in [0.4, 0.5) is 5.69 Å². The molecule has 0 aliphatic heterocycles. The second-order valence-electron chi connectivity index (χ2n) is 10.00. The van der Waals surface area contributed by atoms with Crippen molar-refractivity contribution in [3.63, 3.8) is 0 Å². The van der Waals surface area contributed by atoms with Gasteiger partial charge in [-0.1, -0.05) is 89.4 Å². The van der Waals surface area contributed by atoms with Crippen LogP contribution in [0.5, 0.6) is 5.75 Å². The molecule has 0 saturated carbocycles. The van der Waals surface area contributed by atoms with Crippen molar-refractivity contribution >= 4 is 62.3 Å². The fourth-order valence-corrected chi connectivity index (χ4v) is 6.84. The van der Waals surface area contributed by atoms with Crippen LogP contribution in [0.3, 0.4) is 0 Å². The molecule has 4 aromatic carbocycles. The van der Waals surface area contributed by atoms with Crippen LogP contribution in [-0.4, -0.2) is 51.4 Å². The predicted octanol–water partition coefficient (Wildman–Crippen LogP) is 6.63. The van der Waals surface area contributed by atoms with Crippen molar-refractivity contribution in [3.05, 3.63) is 123 Å². The summed E-state index contributed by atoms with van der Waals surface area (Å²) in [6, 6.07) is 25.3. The van der Waals surface area contributed by atoms with Crippen LogP contribution in [0.25, 0.3) is 0 Å². The van der Waals surface area contributed by atoms with Crippen molar-refractivity contribution in [3.8, 4) is 5.75 Å². The Bertz CT molecular complexity index is 1740. The van der Waals surface area contributed by atoms with Gasteiger partial charge < -0.3 is 15.0 Å². The lowest BCUT2D eigenvalue weighted by Gasteiger charge is -2.34. The summed E-state index contributed by atoms with van der Waals surface area (Å²) < 4.78 is 34.8. The molecule has 0 saturated heterocycles. The van der Waals surface area contributed by atoms with Crippen LogP contribution >= 0.6 is 34.8 Å². The first-order valence-corrected chi connectivity index (χ1v) is 16.6. The summed E-state index contributed by atoms with van der Waals surface area (Å²) in [5.74, 6) is -0.879. The van der Waals surface area contributed by atoms with Crippen LogP contribution in [0.2, 0.25) is 15.1 Å². The number of ether oxygens (including phenoxy) is 1. The van der Waals surface area contributed by atoms with E-state index in [4.69, 9.17) is 39.5 Å². The molecule has 4 aromatic rings. The minimum Gasteiger partial charge on any atom is -0.495 e. The topological polar surface area (TPSA) is 96.0 Å². The molecule has 236 valence electrons. The molecule has 45 heavy (non-hydrogen) atoms. The number of nitrogens with one attached hydrogen (secondary N) is 1. The van der Waals surface area contributed by atoms with Gasteiger partial charge in [-0.2, -0.15) is 0 Å². The third-order valence-corrected chi connectivity index (χ3v) is 9.59. The summed E-state index contributed by atoms with van der Waals surface area (Å²) in [7, 11) is -2.94. The van der Waals surface area contributed by atoms with Gasteiger partial charge in [0.05, 0.1) is 17.7 Å². The summed E-state index contributed by atoms with van der Waals surface area (Å²) in [5.41, 5.74) is 1.39. The molecular weight excluding hydrogens is 657 g/mol. The zero-order valence-corrected chi connectivity index (χ0v) is 27.7. The zero-order chi connectivity index (χ0) is 32.6. The van der Waals surface area contributed by atoms with E-state index in [0.29, 0.717) is 22.2 Å². The van der Waals surface area contributed by atoms with Gasteiger partial charge >= 0.3 is 0 Å². The molecule has 2 amide bonds. The summed E-state index contributed by atoms with van der Waals surface area (Å²) in [6.07, 6.45) is 0.162. The number of nitrogens with zero attached hydrogens (tertiary/aromatic N) is 2. The Morgan fingerprint density at radius 2 is 1.49 bits per heavy atom. The first-order valence-electron chi connectivity index (χ1n) is 14.0. The Morgan fingerprint density at radius 1 is 0.867 bits per heavy atom. The van der Waals surface area contributed by atoms with Crippen LogP contribution in [-0.2, 0) is 32.6 Å². The molecule has 0 heterocycles. The maximum absolute atomic E-state index is 14.5. The Hall–Kier alpha value is -3.76. The minimum absolute atomic E-state index is 0.0447. The fourth-order valence-electron chi connectivity index (χ4n) is 4.77. The molecule has 1 atom stereocenters. The number of hydrogen-bond donors (Lipinski definition) is 1. The lowest BCUT2D eigenvalue weighted by atomic mass is 10.0. The van der Waals surface area contributed by atoms with Crippen LogP contribution < -0.4 is 14.4 Å². The quantitative estimate of drug-likeness (QED) is 0.170. The zero-order valence-electron chi connectivity index (χ0n) is 24.6. The fraction of sp³-hybridized carbons (Fsp3) is 0.212. The van der Waals surface area contributed by atoms with Gasteiger partial charge in [0.1, 0.15) is 18.3 Å². The number of anilines is 1. The number of carbonyl (C=O) groups excluding carboxylic acids is 2. The molecule has 8 nitrogen and oxygen atoms in total. The van der Waals surface area contributed by atoms with Gasteiger partial charge in [-0.05, 0) is 60.5 Å². The highest BCUT2D eigenvalue weighted by molar-refractivity contribution is 7.92. The van der Waals surface area contributed by atoms with Crippen molar-refractivity contribution in [1.82, 2.24) is 10.2 Å². The van der Waals surface area contributed by atoms with Crippen molar-refractivity contribution in [2.75, 3.05) is 24.5 Å². The number of carbonyl (C=O) groups is 2. The third kappa shape index (κ3) is 8.49. The van der Waals surface area contributed by atoms with Gasteiger partial charge in [0, 0.05) is 34.6 Å². The molecule has 1 N–H and O–H groups in total. The Balaban J connectivity index is 1.86. The number of rotatable bonds is 13. The Morgan fingerprint density at radius 3 is 2.11 bits per heavy atom. The molecular formula is C33H32Cl3N3O5S. The Labute approximate surface area is 278 Å². The van der Waals surface area contributed by atoms with Crippen LogP contribution in [0.1, 0.15) is 18.1 Å². The smallest absolute Gasteiger partial charge is 0.264 e. The average Bonchev–Trinajstić information content (AvgIpc) is 3.03. The average molecular weight is 689 g/mol. The second kappa shape index (κ2) is 15.5. The van der Waals surface area contributed by atoms with E-state index < -0.39 is 34.4 Å². The normalized spacial score (nSPS) is 11.8. The SMILES string of the molecule is CCNC(=O)C(Cc1ccccc1)N(Cc1ccc(Cl)cc1Cl)C(=O)CN(c1cc(Cl)ccc1OC)S(=O)(=O)c1ccccc1. The lowest BCUT2D eigenvalue weighted by Crippen LogP contribution is -2.53. The van der Waals surface area contributed by atoms with E-state index in [0.717, 1.165) is 9.87 Å². The lowest BCUT2D eigenvalue weighted by molar-refractivity contribution is -0.140. The molecule has 0 aliphatic rings. The minimum atomic E-state index is -4.33. The van der Waals surface area contributed by atoms with E-state index in [1.165, 1.54) is 36.3 Å². The van der Waals surface area contributed by atoms with Crippen molar-refractivity contribution in [2.45, 2.75) is 30.8 Å². The molecule has 0 aliphatic carbocycles. The second-order valence-corrected chi connectivity index (χ2v) is 13.1. The highest BCUT2D eigenvalue weighted by atomic mass is 35.5. The molecule has 0 bridgehead atoms. The standard InChI is InChI=1S/C33H32Cl3N3O5S/c1-3-37-33(41)30(18-23-10-6-4-7-11-23)38(21-24-14-15-25(34)19-28(24)36)32(40)22-39(29-20-26(35)16-17-31(29)44-2)45(42,43)27-12-8-5-9-13-27/h4-17,19-20,30H,3,18,21-22H2,1-2H3,(H,37,41). The highest BCUT2D eigenvalue weighted by Gasteiger charge is 2.35. The number of methoxy groups -OCH3 is 1. The molecule has 0 spiro atoms. The molecule has 4 rings (SSSR count). The number of halogens is 3. The number of amides is 2. The van der Waals surface area contributed by atoms with E-state index in [-0.39, 0.29) is 34.3 Å². The number of sulfonamides is 1. The number of likely N-dealkylation sites (N-methyl/N-ethyl adjacent to an activating group) is 1. The highest BCUT2D eigenvalue weighted by Crippen LogP contribution is 2.35. The monoisotopic (exact) mass is 687 g/mol. The molecule has 1 unspecified atom stereocenters. The summed E-state index contributed by atoms with van der Waals surface area (Å²) in [4.78, 5) is 29.4. The van der Waals surface area contributed by atoms with E-state index in [1.54, 1.807) is 49.4 Å². The van der Waals surface area contributed by atoms with Gasteiger partial charge in [0.25, 0.3) is 10.0 Å². The predicted molar refractivity (Wildman–Crippen MR) is 179 cm³/mol. The first kappa shape index (κ1) is 34.1. The number of benzene rings is 4. The maximum atomic E-state index is 14.5. The molecule has 0 aromatic heterocycles.